The fraction of sp³-hybridized carbons (Fsp3) is 0.429. The second-order valence-corrected chi connectivity index (χ2v) is 6.78. The van der Waals surface area contributed by atoms with Crippen LogP contribution in [0.25, 0.3) is 0 Å². The third-order valence-corrected chi connectivity index (χ3v) is 4.84. The zero-order valence-electron chi connectivity index (χ0n) is 15.2. The van der Waals surface area contributed by atoms with Gasteiger partial charge in [-0.05, 0) is 30.2 Å². The fourth-order valence-electron chi connectivity index (χ4n) is 3.31. The zero-order chi connectivity index (χ0) is 17.6. The quantitative estimate of drug-likeness (QED) is 0.799. The first-order valence-corrected chi connectivity index (χ1v) is 8.97. The zero-order valence-corrected chi connectivity index (χ0v) is 15.2. The average molecular weight is 342 g/mol. The van der Waals surface area contributed by atoms with Gasteiger partial charge < -0.3 is 9.64 Å². The molecule has 0 bridgehead atoms. The Balaban J connectivity index is 1.72. The highest BCUT2D eigenvalue weighted by atomic mass is 19.1. The molecule has 0 aliphatic carbocycles. The van der Waals surface area contributed by atoms with Crippen molar-refractivity contribution in [1.82, 2.24) is 4.90 Å². The second-order valence-electron chi connectivity index (χ2n) is 6.78. The van der Waals surface area contributed by atoms with E-state index in [4.69, 9.17) is 4.74 Å². The van der Waals surface area contributed by atoms with Crippen LogP contribution < -0.4 is 4.90 Å². The second kappa shape index (κ2) is 8.45. The molecule has 1 fully saturated rings. The lowest BCUT2D eigenvalue weighted by molar-refractivity contribution is 0.0393. The summed E-state index contributed by atoms with van der Waals surface area (Å²) < 4.78 is 19.5. The first-order chi connectivity index (χ1) is 12.1. The van der Waals surface area contributed by atoms with Gasteiger partial charge in [-0.1, -0.05) is 35.9 Å². The molecular weight excluding hydrogens is 315 g/mol. The molecule has 3 nitrogen and oxygen atoms in total. The Kier molecular flexibility index (Phi) is 6.05. The smallest absolute Gasteiger partial charge is 0.126 e. The Labute approximate surface area is 150 Å². The predicted octanol–water partition coefficient (Wildman–Crippen LogP) is 3.49. The van der Waals surface area contributed by atoms with Gasteiger partial charge in [0.2, 0.25) is 0 Å². The fourth-order valence-corrected chi connectivity index (χ4v) is 3.31. The first kappa shape index (κ1) is 17.9. The molecule has 1 aliphatic rings. The van der Waals surface area contributed by atoms with Crippen LogP contribution in [0.1, 0.15) is 16.7 Å². The van der Waals surface area contributed by atoms with Crippen LogP contribution in [0.2, 0.25) is 0 Å². The summed E-state index contributed by atoms with van der Waals surface area (Å²) in [6, 6.07) is 13.5. The van der Waals surface area contributed by atoms with Gasteiger partial charge in [-0.3, -0.25) is 4.90 Å². The van der Waals surface area contributed by atoms with Crippen molar-refractivity contribution in [3.05, 3.63) is 65.0 Å². The lowest BCUT2D eigenvalue weighted by Gasteiger charge is -2.30. The number of hydrogen-bond donors (Lipinski definition) is 0. The number of rotatable bonds is 6. The van der Waals surface area contributed by atoms with E-state index in [1.54, 1.807) is 6.07 Å². The molecule has 2 aromatic rings. The van der Waals surface area contributed by atoms with Crippen molar-refractivity contribution in [2.75, 3.05) is 51.3 Å². The van der Waals surface area contributed by atoms with Crippen molar-refractivity contribution < 1.29 is 9.13 Å². The minimum Gasteiger partial charge on any atom is -0.379 e. The average Bonchev–Trinajstić information content (AvgIpc) is 2.63. The Morgan fingerprint density at radius 3 is 2.60 bits per heavy atom. The van der Waals surface area contributed by atoms with Crippen molar-refractivity contribution >= 4 is 5.69 Å². The van der Waals surface area contributed by atoms with Gasteiger partial charge in [-0.2, -0.15) is 0 Å². The number of nitrogens with zero attached hydrogens (tertiary/aromatic N) is 2. The molecule has 1 heterocycles. The molecule has 0 atom stereocenters. The molecule has 1 saturated heterocycles. The van der Waals surface area contributed by atoms with Crippen molar-refractivity contribution in [2.24, 2.45) is 0 Å². The van der Waals surface area contributed by atoms with E-state index in [0.717, 1.165) is 45.0 Å². The van der Waals surface area contributed by atoms with E-state index in [1.165, 1.54) is 22.9 Å². The van der Waals surface area contributed by atoms with Crippen LogP contribution in [0.3, 0.4) is 0 Å². The standard InChI is InChI=1S/C21H27FN2O/c1-17-7-8-21(23(2)9-10-24-11-13-25-14-12-24)19(15-17)16-18-5-3-4-6-20(18)22/h3-8,15H,9-14,16H2,1-2H3. The molecule has 0 spiro atoms. The number of ether oxygens (including phenoxy) is 1. The van der Waals surface area contributed by atoms with Gasteiger partial charge in [-0.15, -0.1) is 0 Å². The monoisotopic (exact) mass is 342 g/mol. The van der Waals surface area contributed by atoms with Crippen molar-refractivity contribution in [3.8, 4) is 0 Å². The normalized spacial score (nSPS) is 15.3. The third kappa shape index (κ3) is 4.80. The van der Waals surface area contributed by atoms with Crippen LogP contribution in [0.4, 0.5) is 10.1 Å². The summed E-state index contributed by atoms with van der Waals surface area (Å²) in [6.07, 6.45) is 0.617. The minimum absolute atomic E-state index is 0.133. The summed E-state index contributed by atoms with van der Waals surface area (Å²) in [5, 5.41) is 0. The maximum Gasteiger partial charge on any atom is 0.126 e. The summed E-state index contributed by atoms with van der Waals surface area (Å²) in [5.41, 5.74) is 4.31. The molecule has 0 N–H and O–H groups in total. The molecule has 1 aliphatic heterocycles. The molecule has 3 rings (SSSR count). The van der Waals surface area contributed by atoms with E-state index >= 15 is 0 Å². The van der Waals surface area contributed by atoms with Gasteiger partial charge >= 0.3 is 0 Å². The van der Waals surface area contributed by atoms with Crippen LogP contribution in [-0.2, 0) is 11.2 Å². The maximum atomic E-state index is 14.1. The van der Waals surface area contributed by atoms with Gasteiger partial charge in [0, 0.05) is 45.3 Å². The predicted molar refractivity (Wildman–Crippen MR) is 101 cm³/mol. The van der Waals surface area contributed by atoms with Crippen LogP contribution in [0.5, 0.6) is 0 Å². The third-order valence-electron chi connectivity index (χ3n) is 4.84. The number of aryl methyl sites for hydroxylation is 1. The van der Waals surface area contributed by atoms with Gasteiger partial charge in [-0.25, -0.2) is 4.39 Å². The minimum atomic E-state index is -0.133. The SMILES string of the molecule is Cc1ccc(N(C)CCN2CCOCC2)c(Cc2ccccc2F)c1. The van der Waals surface area contributed by atoms with E-state index in [9.17, 15) is 4.39 Å². The molecule has 0 saturated carbocycles. The lowest BCUT2D eigenvalue weighted by atomic mass is 10.00. The van der Waals surface area contributed by atoms with Gasteiger partial charge in [0.1, 0.15) is 5.82 Å². The Hall–Kier alpha value is -1.91. The van der Waals surface area contributed by atoms with Gasteiger partial charge in [0.15, 0.2) is 0 Å². The largest absolute Gasteiger partial charge is 0.379 e. The number of morpholine rings is 1. The molecule has 25 heavy (non-hydrogen) atoms. The van der Waals surface area contributed by atoms with Crippen LogP contribution >= 0.6 is 0 Å². The van der Waals surface area contributed by atoms with Gasteiger partial charge in [0.05, 0.1) is 13.2 Å². The number of halogens is 1. The summed E-state index contributed by atoms with van der Waals surface area (Å²) >= 11 is 0. The molecule has 0 aromatic heterocycles. The van der Waals surface area contributed by atoms with Crippen molar-refractivity contribution in [1.29, 1.82) is 0 Å². The van der Waals surface area contributed by atoms with Gasteiger partial charge in [0.25, 0.3) is 0 Å². The van der Waals surface area contributed by atoms with E-state index in [2.05, 4.69) is 42.0 Å². The van der Waals surface area contributed by atoms with E-state index in [-0.39, 0.29) is 5.82 Å². The molecule has 4 heteroatoms. The van der Waals surface area contributed by atoms with E-state index in [0.29, 0.717) is 6.42 Å². The molecular formula is C21H27FN2O. The van der Waals surface area contributed by atoms with Crippen LogP contribution in [0, 0.1) is 12.7 Å². The number of likely N-dealkylation sites (N-methyl/N-ethyl adjacent to an activating group) is 1. The molecule has 0 unspecified atom stereocenters. The van der Waals surface area contributed by atoms with E-state index in [1.807, 2.05) is 12.1 Å². The molecule has 0 amide bonds. The molecule has 2 aromatic carbocycles. The first-order valence-electron chi connectivity index (χ1n) is 8.97. The number of anilines is 1. The van der Waals surface area contributed by atoms with Crippen LogP contribution in [0.15, 0.2) is 42.5 Å². The van der Waals surface area contributed by atoms with E-state index < -0.39 is 0 Å². The number of hydrogen-bond acceptors (Lipinski definition) is 3. The highest BCUT2D eigenvalue weighted by molar-refractivity contribution is 5.56. The van der Waals surface area contributed by atoms with Crippen LogP contribution in [-0.4, -0.2) is 51.3 Å². The highest BCUT2D eigenvalue weighted by Gasteiger charge is 2.14. The summed E-state index contributed by atoms with van der Waals surface area (Å²) in [6.45, 7) is 7.72. The topological polar surface area (TPSA) is 15.7 Å². The Bertz CT molecular complexity index is 698. The van der Waals surface area contributed by atoms with Crippen molar-refractivity contribution in [3.63, 3.8) is 0 Å². The van der Waals surface area contributed by atoms with Crippen molar-refractivity contribution in [2.45, 2.75) is 13.3 Å². The molecule has 134 valence electrons. The number of benzene rings is 2. The Morgan fingerprint density at radius 2 is 1.84 bits per heavy atom. The molecule has 0 radical (unpaired) electrons. The summed E-state index contributed by atoms with van der Waals surface area (Å²) in [5.74, 6) is -0.133. The maximum absolute atomic E-state index is 14.1. The Morgan fingerprint density at radius 1 is 1.08 bits per heavy atom. The highest BCUT2D eigenvalue weighted by Crippen LogP contribution is 2.25. The summed E-state index contributed by atoms with van der Waals surface area (Å²) in [4.78, 5) is 4.72. The summed E-state index contributed by atoms with van der Waals surface area (Å²) in [7, 11) is 2.12. The lowest BCUT2D eigenvalue weighted by Crippen LogP contribution is -2.40.